The van der Waals surface area contributed by atoms with Gasteiger partial charge < -0.3 is 4.74 Å². The summed E-state index contributed by atoms with van der Waals surface area (Å²) in [5.74, 6) is 0.942. The second kappa shape index (κ2) is 6.41. The molecule has 0 saturated heterocycles. The average Bonchev–Trinajstić information content (AvgIpc) is 2.22. The number of aryl methyl sites for hydroxylation is 2. The zero-order valence-electron chi connectivity index (χ0n) is 10.1. The van der Waals surface area contributed by atoms with Crippen LogP contribution < -0.4 is 4.74 Å². The highest BCUT2D eigenvalue weighted by Gasteiger charge is 2.05. The maximum Gasteiger partial charge on any atom is 0.143 e. The lowest BCUT2D eigenvalue weighted by Crippen LogP contribution is -1.99. The highest BCUT2D eigenvalue weighted by atomic mass is 16.5. The number of aromatic nitrogens is 1. The Morgan fingerprint density at radius 2 is 1.79 bits per heavy atom. The van der Waals surface area contributed by atoms with Gasteiger partial charge in [-0.15, -0.1) is 0 Å². The van der Waals surface area contributed by atoms with Gasteiger partial charge >= 0.3 is 0 Å². The van der Waals surface area contributed by atoms with Crippen molar-refractivity contribution in [3.63, 3.8) is 0 Å². The molecule has 0 aliphatic rings. The van der Waals surface area contributed by atoms with E-state index < -0.39 is 0 Å². The van der Waals surface area contributed by atoms with Gasteiger partial charge in [0.05, 0.1) is 12.3 Å². The minimum Gasteiger partial charge on any atom is -0.492 e. The molecule has 80 valence electrons. The maximum absolute atomic E-state index is 5.49. The summed E-state index contributed by atoms with van der Waals surface area (Å²) < 4.78 is 5.49. The molecule has 0 atom stereocenters. The standard InChI is InChI=1S/C10H15NO.C2H6/c1-5-12-10-8(3)7(2)6-11-9(10)4;1-2/h6H,5H2,1-4H3;1-2H3. The Morgan fingerprint density at radius 1 is 1.21 bits per heavy atom. The molecule has 2 heteroatoms. The Bertz CT molecular complexity index is 282. The van der Waals surface area contributed by atoms with Crippen LogP contribution in [0.1, 0.15) is 37.6 Å². The van der Waals surface area contributed by atoms with E-state index in [1.54, 1.807) is 0 Å². The summed E-state index contributed by atoms with van der Waals surface area (Å²) in [4.78, 5) is 4.23. The van der Waals surface area contributed by atoms with Gasteiger partial charge in [0, 0.05) is 6.20 Å². The third-order valence-electron chi connectivity index (χ3n) is 2.00. The van der Waals surface area contributed by atoms with E-state index >= 15 is 0 Å². The zero-order valence-corrected chi connectivity index (χ0v) is 10.1. The van der Waals surface area contributed by atoms with Gasteiger partial charge in [0.2, 0.25) is 0 Å². The molecule has 1 aromatic rings. The van der Waals surface area contributed by atoms with E-state index in [4.69, 9.17) is 4.74 Å². The minimum absolute atomic E-state index is 0.701. The number of ether oxygens (including phenoxy) is 1. The van der Waals surface area contributed by atoms with Crippen molar-refractivity contribution in [2.75, 3.05) is 6.61 Å². The first-order valence-electron chi connectivity index (χ1n) is 5.22. The molecule has 0 aromatic carbocycles. The lowest BCUT2D eigenvalue weighted by atomic mass is 10.1. The van der Waals surface area contributed by atoms with E-state index in [-0.39, 0.29) is 0 Å². The van der Waals surface area contributed by atoms with Crippen molar-refractivity contribution >= 4 is 0 Å². The molecule has 0 amide bonds. The van der Waals surface area contributed by atoms with Crippen molar-refractivity contribution < 1.29 is 4.74 Å². The molecule has 1 heterocycles. The first-order chi connectivity index (χ1) is 6.66. The van der Waals surface area contributed by atoms with Crippen LogP contribution in [0.2, 0.25) is 0 Å². The van der Waals surface area contributed by atoms with Crippen molar-refractivity contribution in [1.29, 1.82) is 0 Å². The number of pyridine rings is 1. The first-order valence-corrected chi connectivity index (χ1v) is 5.22. The summed E-state index contributed by atoms with van der Waals surface area (Å²) in [7, 11) is 0. The number of hydrogen-bond acceptors (Lipinski definition) is 2. The molecular weight excluding hydrogens is 174 g/mol. The third-order valence-corrected chi connectivity index (χ3v) is 2.00. The largest absolute Gasteiger partial charge is 0.492 e. The summed E-state index contributed by atoms with van der Waals surface area (Å²) in [6, 6.07) is 0. The number of nitrogens with zero attached hydrogens (tertiary/aromatic N) is 1. The Labute approximate surface area is 87.3 Å². The second-order valence-corrected chi connectivity index (χ2v) is 2.91. The Balaban J connectivity index is 0.000000791. The molecule has 1 aromatic heterocycles. The van der Waals surface area contributed by atoms with Crippen molar-refractivity contribution in [3.05, 3.63) is 23.0 Å². The van der Waals surface area contributed by atoms with Gasteiger partial charge in [-0.05, 0) is 38.8 Å². The van der Waals surface area contributed by atoms with Crippen LogP contribution in [0, 0.1) is 20.8 Å². The van der Waals surface area contributed by atoms with Gasteiger partial charge in [0.25, 0.3) is 0 Å². The van der Waals surface area contributed by atoms with E-state index in [1.165, 1.54) is 11.1 Å². The smallest absolute Gasteiger partial charge is 0.143 e. The molecule has 0 aliphatic heterocycles. The van der Waals surface area contributed by atoms with Gasteiger partial charge in [-0.3, -0.25) is 4.98 Å². The molecule has 0 N–H and O–H groups in total. The van der Waals surface area contributed by atoms with Gasteiger partial charge in [0.1, 0.15) is 5.75 Å². The predicted octanol–water partition coefficient (Wildman–Crippen LogP) is 3.43. The van der Waals surface area contributed by atoms with Crippen LogP contribution in [-0.2, 0) is 0 Å². The summed E-state index contributed by atoms with van der Waals surface area (Å²) in [6.45, 7) is 12.8. The normalized spacial score (nSPS) is 9.00. The Morgan fingerprint density at radius 3 is 2.29 bits per heavy atom. The zero-order chi connectivity index (χ0) is 11.1. The molecule has 0 radical (unpaired) electrons. The lowest BCUT2D eigenvalue weighted by molar-refractivity contribution is 0.333. The second-order valence-electron chi connectivity index (χ2n) is 2.91. The van der Waals surface area contributed by atoms with Crippen LogP contribution in [0.3, 0.4) is 0 Å². The summed E-state index contributed by atoms with van der Waals surface area (Å²) in [6.07, 6.45) is 1.88. The van der Waals surface area contributed by atoms with Gasteiger partial charge in [-0.1, -0.05) is 13.8 Å². The fraction of sp³-hybridized carbons (Fsp3) is 0.583. The van der Waals surface area contributed by atoms with E-state index in [2.05, 4.69) is 11.9 Å². The van der Waals surface area contributed by atoms with Gasteiger partial charge in [0.15, 0.2) is 0 Å². The van der Waals surface area contributed by atoms with Gasteiger partial charge in [-0.2, -0.15) is 0 Å². The molecule has 0 fully saturated rings. The lowest BCUT2D eigenvalue weighted by Gasteiger charge is -2.10. The third kappa shape index (κ3) is 3.02. The van der Waals surface area contributed by atoms with Crippen molar-refractivity contribution in [2.24, 2.45) is 0 Å². The number of rotatable bonds is 2. The highest BCUT2D eigenvalue weighted by molar-refractivity contribution is 5.39. The van der Waals surface area contributed by atoms with Crippen LogP contribution in [0.5, 0.6) is 5.75 Å². The fourth-order valence-corrected chi connectivity index (χ4v) is 1.16. The Hall–Kier alpha value is -1.05. The van der Waals surface area contributed by atoms with Gasteiger partial charge in [-0.25, -0.2) is 0 Å². The van der Waals surface area contributed by atoms with E-state index in [1.807, 2.05) is 40.8 Å². The summed E-state index contributed by atoms with van der Waals surface area (Å²) >= 11 is 0. The maximum atomic E-state index is 5.49. The van der Waals surface area contributed by atoms with E-state index in [0.717, 1.165) is 11.4 Å². The van der Waals surface area contributed by atoms with Crippen LogP contribution in [-0.4, -0.2) is 11.6 Å². The topological polar surface area (TPSA) is 22.1 Å². The molecule has 0 aliphatic carbocycles. The van der Waals surface area contributed by atoms with Crippen molar-refractivity contribution in [3.8, 4) is 5.75 Å². The van der Waals surface area contributed by atoms with Crippen LogP contribution in [0.15, 0.2) is 6.20 Å². The van der Waals surface area contributed by atoms with Crippen molar-refractivity contribution in [1.82, 2.24) is 4.98 Å². The van der Waals surface area contributed by atoms with E-state index in [9.17, 15) is 0 Å². The van der Waals surface area contributed by atoms with Crippen LogP contribution in [0.25, 0.3) is 0 Å². The molecule has 0 spiro atoms. The quantitative estimate of drug-likeness (QED) is 0.721. The Kier molecular flexibility index (Phi) is 5.93. The molecule has 0 unspecified atom stereocenters. The molecule has 2 nitrogen and oxygen atoms in total. The summed E-state index contributed by atoms with van der Waals surface area (Å²) in [5, 5.41) is 0. The van der Waals surface area contributed by atoms with E-state index in [0.29, 0.717) is 6.61 Å². The predicted molar refractivity (Wildman–Crippen MR) is 61.0 cm³/mol. The summed E-state index contributed by atoms with van der Waals surface area (Å²) in [5.41, 5.74) is 3.35. The van der Waals surface area contributed by atoms with Crippen molar-refractivity contribution in [2.45, 2.75) is 41.5 Å². The fourth-order valence-electron chi connectivity index (χ4n) is 1.16. The number of hydrogen-bond donors (Lipinski definition) is 0. The molecule has 14 heavy (non-hydrogen) atoms. The molecule has 0 bridgehead atoms. The minimum atomic E-state index is 0.701. The first kappa shape index (κ1) is 12.9. The molecule has 0 saturated carbocycles. The SMILES string of the molecule is CC.CCOc1c(C)ncc(C)c1C. The van der Waals surface area contributed by atoms with Crippen LogP contribution >= 0.6 is 0 Å². The highest BCUT2D eigenvalue weighted by Crippen LogP contribution is 2.23. The average molecular weight is 195 g/mol. The van der Waals surface area contributed by atoms with Crippen LogP contribution in [0.4, 0.5) is 0 Å². The monoisotopic (exact) mass is 195 g/mol. The molecular formula is C12H21NO. The molecule has 1 rings (SSSR count).